The average Bonchev–Trinajstić information content (AvgIpc) is 2.34. The van der Waals surface area contributed by atoms with Crippen LogP contribution in [0, 0.1) is 6.92 Å². The lowest BCUT2D eigenvalue weighted by Gasteiger charge is -2.21. The van der Waals surface area contributed by atoms with E-state index in [-0.39, 0.29) is 5.78 Å². The third kappa shape index (κ3) is 6.38. The molecular formula is C16H24N2O3. The van der Waals surface area contributed by atoms with E-state index in [2.05, 4.69) is 10.3 Å². The first-order valence-corrected chi connectivity index (χ1v) is 7.12. The largest absolute Gasteiger partial charge is 0.444 e. The van der Waals surface area contributed by atoms with E-state index < -0.39 is 17.7 Å². The zero-order valence-electron chi connectivity index (χ0n) is 13.4. The van der Waals surface area contributed by atoms with E-state index in [0.29, 0.717) is 12.8 Å². The number of ether oxygens (including phenoxy) is 1. The van der Waals surface area contributed by atoms with Crippen molar-refractivity contribution in [3.63, 3.8) is 0 Å². The summed E-state index contributed by atoms with van der Waals surface area (Å²) in [7, 11) is 0. The molecule has 0 aliphatic heterocycles. The van der Waals surface area contributed by atoms with Crippen LogP contribution in [0.4, 0.5) is 4.79 Å². The molecule has 0 radical (unpaired) electrons. The minimum absolute atomic E-state index is 0.0362. The monoisotopic (exact) mass is 292 g/mol. The molecule has 1 aromatic heterocycles. The summed E-state index contributed by atoms with van der Waals surface area (Å²) in [6.45, 7) is 8.97. The number of ketones is 1. The van der Waals surface area contributed by atoms with E-state index in [1.54, 1.807) is 33.9 Å². The summed E-state index contributed by atoms with van der Waals surface area (Å²) in [6.07, 6.45) is 2.06. The SMILES string of the molecule is Cc1cccnc1CCC(=O)[C@H](C)NC(=O)OC(C)(C)C. The lowest BCUT2D eigenvalue weighted by molar-refractivity contribution is -0.120. The average molecular weight is 292 g/mol. The standard InChI is InChI=1S/C16H24N2O3/c1-11-7-6-10-17-13(11)8-9-14(19)12(2)18-15(20)21-16(3,4)5/h6-7,10,12H,8-9H2,1-5H3,(H,18,20)/t12-/m0/s1. The molecule has 1 heterocycles. The van der Waals surface area contributed by atoms with Gasteiger partial charge in [-0.1, -0.05) is 6.07 Å². The Morgan fingerprint density at radius 3 is 2.62 bits per heavy atom. The van der Waals surface area contributed by atoms with Crippen LogP contribution in [0.5, 0.6) is 0 Å². The number of rotatable bonds is 5. The number of carbonyl (C=O) groups is 2. The molecule has 1 amide bonds. The fourth-order valence-corrected chi connectivity index (χ4v) is 1.80. The van der Waals surface area contributed by atoms with Crippen molar-refractivity contribution in [3.8, 4) is 0 Å². The third-order valence-corrected chi connectivity index (χ3v) is 2.94. The lowest BCUT2D eigenvalue weighted by atomic mass is 10.1. The van der Waals surface area contributed by atoms with Crippen molar-refractivity contribution in [2.75, 3.05) is 0 Å². The number of pyridine rings is 1. The minimum Gasteiger partial charge on any atom is -0.444 e. The molecule has 0 aromatic carbocycles. The van der Waals surface area contributed by atoms with Crippen LogP contribution < -0.4 is 5.32 Å². The quantitative estimate of drug-likeness (QED) is 0.906. The lowest BCUT2D eigenvalue weighted by Crippen LogP contribution is -2.41. The molecule has 0 spiro atoms. The number of aryl methyl sites for hydroxylation is 2. The molecule has 0 unspecified atom stereocenters. The molecule has 1 aromatic rings. The summed E-state index contributed by atoms with van der Waals surface area (Å²) in [5.74, 6) is -0.0362. The number of nitrogens with one attached hydrogen (secondary N) is 1. The van der Waals surface area contributed by atoms with E-state index in [9.17, 15) is 9.59 Å². The number of aromatic nitrogens is 1. The molecule has 0 fully saturated rings. The van der Waals surface area contributed by atoms with E-state index in [0.717, 1.165) is 11.3 Å². The van der Waals surface area contributed by atoms with Crippen molar-refractivity contribution in [2.24, 2.45) is 0 Å². The molecule has 116 valence electrons. The molecule has 5 heteroatoms. The molecule has 1 atom stereocenters. The summed E-state index contributed by atoms with van der Waals surface area (Å²) in [6, 6.07) is 3.27. The highest BCUT2D eigenvalue weighted by atomic mass is 16.6. The van der Waals surface area contributed by atoms with Gasteiger partial charge in [-0.25, -0.2) is 4.79 Å². The summed E-state index contributed by atoms with van der Waals surface area (Å²) in [4.78, 5) is 27.9. The molecule has 5 nitrogen and oxygen atoms in total. The zero-order valence-corrected chi connectivity index (χ0v) is 13.4. The van der Waals surface area contributed by atoms with Crippen LogP contribution in [0.1, 0.15) is 45.4 Å². The highest BCUT2D eigenvalue weighted by molar-refractivity contribution is 5.87. The molecule has 1 N–H and O–H groups in total. The summed E-state index contributed by atoms with van der Waals surface area (Å²) >= 11 is 0. The van der Waals surface area contributed by atoms with Gasteiger partial charge in [0.15, 0.2) is 5.78 Å². The van der Waals surface area contributed by atoms with Crippen molar-refractivity contribution in [1.82, 2.24) is 10.3 Å². The molecule has 0 aliphatic carbocycles. The first-order chi connectivity index (χ1) is 9.69. The number of carbonyl (C=O) groups excluding carboxylic acids is 2. The van der Waals surface area contributed by atoms with Crippen molar-refractivity contribution in [1.29, 1.82) is 0 Å². The zero-order chi connectivity index (χ0) is 16.0. The predicted octanol–water partition coefficient (Wildman–Crippen LogP) is 2.80. The van der Waals surface area contributed by atoms with Crippen molar-refractivity contribution < 1.29 is 14.3 Å². The molecule has 1 rings (SSSR count). The second-order valence-electron chi connectivity index (χ2n) is 6.10. The normalized spacial score (nSPS) is 12.6. The van der Waals surface area contributed by atoms with Gasteiger partial charge < -0.3 is 10.1 Å². The van der Waals surface area contributed by atoms with Crippen LogP contribution >= 0.6 is 0 Å². The van der Waals surface area contributed by atoms with Crippen LogP contribution in [0.3, 0.4) is 0 Å². The topological polar surface area (TPSA) is 68.3 Å². The molecule has 0 bridgehead atoms. The molecular weight excluding hydrogens is 268 g/mol. The highest BCUT2D eigenvalue weighted by Gasteiger charge is 2.20. The Balaban J connectivity index is 2.45. The predicted molar refractivity (Wildman–Crippen MR) is 81.1 cm³/mol. The van der Waals surface area contributed by atoms with Crippen molar-refractivity contribution in [3.05, 3.63) is 29.6 Å². The number of nitrogens with zero attached hydrogens (tertiary/aromatic N) is 1. The maximum atomic E-state index is 12.0. The minimum atomic E-state index is -0.572. The number of amides is 1. The van der Waals surface area contributed by atoms with Crippen molar-refractivity contribution in [2.45, 2.75) is 59.1 Å². The van der Waals surface area contributed by atoms with Crippen LogP contribution in [-0.2, 0) is 16.0 Å². The maximum absolute atomic E-state index is 12.0. The van der Waals surface area contributed by atoms with Crippen molar-refractivity contribution >= 4 is 11.9 Å². The Kier molecular flexibility index (Phi) is 5.88. The van der Waals surface area contributed by atoms with E-state index in [4.69, 9.17) is 4.74 Å². The number of Topliss-reactive ketones (excluding diaryl/α,β-unsaturated/α-hetero) is 1. The van der Waals surface area contributed by atoms with Gasteiger partial charge in [0, 0.05) is 18.3 Å². The summed E-state index contributed by atoms with van der Waals surface area (Å²) in [5.41, 5.74) is 1.41. The van der Waals surface area contributed by atoms with E-state index in [1.165, 1.54) is 0 Å². The fourth-order valence-electron chi connectivity index (χ4n) is 1.80. The van der Waals surface area contributed by atoms with Crippen LogP contribution in [0.2, 0.25) is 0 Å². The maximum Gasteiger partial charge on any atom is 0.408 e. The van der Waals surface area contributed by atoms with Crippen LogP contribution in [0.25, 0.3) is 0 Å². The van der Waals surface area contributed by atoms with E-state index in [1.807, 2.05) is 19.1 Å². The Labute approximate surface area is 126 Å². The van der Waals surface area contributed by atoms with Crippen LogP contribution in [-0.4, -0.2) is 28.5 Å². The molecule has 0 saturated carbocycles. The smallest absolute Gasteiger partial charge is 0.408 e. The number of hydrogen-bond acceptors (Lipinski definition) is 4. The second-order valence-corrected chi connectivity index (χ2v) is 6.10. The second kappa shape index (κ2) is 7.20. The molecule has 0 aliphatic rings. The van der Waals surface area contributed by atoms with Gasteiger partial charge in [0.1, 0.15) is 5.60 Å². The summed E-state index contributed by atoms with van der Waals surface area (Å²) in [5, 5.41) is 2.56. The van der Waals surface area contributed by atoms with Gasteiger partial charge in [-0.15, -0.1) is 0 Å². The first-order valence-electron chi connectivity index (χ1n) is 7.12. The van der Waals surface area contributed by atoms with Gasteiger partial charge in [-0.2, -0.15) is 0 Å². The van der Waals surface area contributed by atoms with E-state index >= 15 is 0 Å². The fraction of sp³-hybridized carbons (Fsp3) is 0.562. The van der Waals surface area contributed by atoms with Gasteiger partial charge in [0.25, 0.3) is 0 Å². The van der Waals surface area contributed by atoms with Crippen LogP contribution in [0.15, 0.2) is 18.3 Å². The van der Waals surface area contributed by atoms with Gasteiger partial charge in [-0.05, 0) is 52.7 Å². The van der Waals surface area contributed by atoms with Gasteiger partial charge in [-0.3, -0.25) is 9.78 Å². The number of hydrogen-bond donors (Lipinski definition) is 1. The van der Waals surface area contributed by atoms with Gasteiger partial charge >= 0.3 is 6.09 Å². The Morgan fingerprint density at radius 2 is 2.05 bits per heavy atom. The summed E-state index contributed by atoms with van der Waals surface area (Å²) < 4.78 is 5.13. The third-order valence-electron chi connectivity index (χ3n) is 2.94. The number of alkyl carbamates (subject to hydrolysis) is 1. The van der Waals surface area contributed by atoms with Gasteiger partial charge in [0.2, 0.25) is 0 Å². The molecule has 0 saturated heterocycles. The van der Waals surface area contributed by atoms with Gasteiger partial charge in [0.05, 0.1) is 6.04 Å². The first kappa shape index (κ1) is 17.1. The Morgan fingerprint density at radius 1 is 1.38 bits per heavy atom. The Hall–Kier alpha value is -1.91. The Bertz CT molecular complexity index is 506. The highest BCUT2D eigenvalue weighted by Crippen LogP contribution is 2.09. The molecule has 21 heavy (non-hydrogen) atoms.